The van der Waals surface area contributed by atoms with Gasteiger partial charge in [-0.25, -0.2) is 0 Å². The van der Waals surface area contributed by atoms with Crippen molar-refractivity contribution in [2.45, 2.75) is 31.9 Å². The van der Waals surface area contributed by atoms with E-state index in [2.05, 4.69) is 5.32 Å². The number of nitrogen functional groups attached to an aromatic ring is 1. The van der Waals surface area contributed by atoms with E-state index in [0.717, 1.165) is 22.9 Å². The number of rotatable bonds is 4. The third-order valence-electron chi connectivity index (χ3n) is 3.74. The summed E-state index contributed by atoms with van der Waals surface area (Å²) in [6, 6.07) is 5.75. The predicted octanol–water partition coefficient (Wildman–Crippen LogP) is 3.43. The molecule has 1 aliphatic rings. The monoisotopic (exact) mass is 324 g/mol. The lowest BCUT2D eigenvalue weighted by molar-refractivity contribution is -0.00858. The molecule has 0 atom stereocenters. The van der Waals surface area contributed by atoms with Gasteiger partial charge in [0.05, 0.1) is 16.8 Å². The second-order valence-electron chi connectivity index (χ2n) is 5.18. The lowest BCUT2D eigenvalue weighted by atomic mass is 9.89. The molecule has 0 aliphatic heterocycles. The minimum Gasteiger partial charge on any atom is -0.397 e. The summed E-state index contributed by atoms with van der Waals surface area (Å²) in [5.41, 5.74) is 6.56. The number of nitrogens with two attached hydrogens (primary N) is 1. The summed E-state index contributed by atoms with van der Waals surface area (Å²) >= 11 is 7.54. The van der Waals surface area contributed by atoms with E-state index in [-0.39, 0.29) is 18.1 Å². The maximum atomic E-state index is 12.3. The molecule has 3 N–H and O–H groups in total. The van der Waals surface area contributed by atoms with Gasteiger partial charge in [0.15, 0.2) is 0 Å². The number of hydrogen-bond acceptors (Lipinski definition) is 4. The van der Waals surface area contributed by atoms with Gasteiger partial charge in [-0.2, -0.15) is 0 Å². The Hall–Kier alpha value is -1.30. The highest BCUT2D eigenvalue weighted by Crippen LogP contribution is 2.38. The summed E-state index contributed by atoms with van der Waals surface area (Å²) in [4.78, 5) is 12.9. The third kappa shape index (κ3) is 2.73. The predicted molar refractivity (Wildman–Crippen MR) is 87.1 cm³/mol. The lowest BCUT2D eigenvalue weighted by Gasteiger charge is -2.35. The number of ether oxygens (including phenoxy) is 1. The highest BCUT2D eigenvalue weighted by molar-refractivity contribution is 7.21. The first-order valence-corrected chi connectivity index (χ1v) is 8.18. The summed E-state index contributed by atoms with van der Waals surface area (Å²) in [5, 5.41) is 4.37. The van der Waals surface area contributed by atoms with Crippen molar-refractivity contribution in [3.63, 3.8) is 0 Å². The highest BCUT2D eigenvalue weighted by atomic mass is 35.5. The van der Waals surface area contributed by atoms with Crippen molar-refractivity contribution in [3.05, 3.63) is 28.1 Å². The fraction of sp³-hybridized carbons (Fsp3) is 0.400. The van der Waals surface area contributed by atoms with Crippen molar-refractivity contribution in [3.8, 4) is 0 Å². The third-order valence-corrected chi connectivity index (χ3v) is 5.22. The number of halogens is 1. The molecule has 1 fully saturated rings. The number of hydrogen-bond donors (Lipinski definition) is 2. The van der Waals surface area contributed by atoms with E-state index in [4.69, 9.17) is 22.1 Å². The smallest absolute Gasteiger partial charge is 0.263 e. The number of anilines is 1. The van der Waals surface area contributed by atoms with Crippen LogP contribution < -0.4 is 11.1 Å². The van der Waals surface area contributed by atoms with Crippen LogP contribution in [-0.2, 0) is 4.74 Å². The van der Waals surface area contributed by atoms with Crippen molar-refractivity contribution in [1.29, 1.82) is 0 Å². The molecular weight excluding hydrogens is 308 g/mol. The van der Waals surface area contributed by atoms with Gasteiger partial charge in [-0.15, -0.1) is 11.3 Å². The molecule has 1 aliphatic carbocycles. The molecule has 21 heavy (non-hydrogen) atoms. The zero-order chi connectivity index (χ0) is 15.0. The quantitative estimate of drug-likeness (QED) is 0.905. The summed E-state index contributed by atoms with van der Waals surface area (Å²) in [5.74, 6) is -0.121. The number of fused-ring (bicyclic) bond motifs is 1. The standard InChI is InChI=1S/C15H17ClN2O2S/c1-2-20-9-6-8(7-9)18-15(19)14-13(17)12-10(16)4-3-5-11(12)21-14/h3-5,8-9H,2,6-7,17H2,1H3,(H,18,19). The van der Waals surface area contributed by atoms with E-state index >= 15 is 0 Å². The molecule has 0 bridgehead atoms. The number of benzene rings is 1. The van der Waals surface area contributed by atoms with Gasteiger partial charge in [-0.3, -0.25) is 4.79 Å². The summed E-state index contributed by atoms with van der Waals surface area (Å²) in [7, 11) is 0. The van der Waals surface area contributed by atoms with Crippen LogP contribution >= 0.6 is 22.9 Å². The van der Waals surface area contributed by atoms with Crippen LogP contribution in [0.15, 0.2) is 18.2 Å². The van der Waals surface area contributed by atoms with Crippen LogP contribution in [0.4, 0.5) is 5.69 Å². The van der Waals surface area contributed by atoms with Crippen molar-refractivity contribution in [2.24, 2.45) is 0 Å². The SMILES string of the molecule is CCOC1CC(NC(=O)c2sc3cccc(Cl)c3c2N)C1. The minimum absolute atomic E-state index is 0.121. The normalized spacial score (nSPS) is 21.2. The van der Waals surface area contributed by atoms with Crippen LogP contribution in [0.2, 0.25) is 5.02 Å². The molecule has 1 aromatic heterocycles. The Balaban J connectivity index is 1.74. The Morgan fingerprint density at radius 2 is 2.29 bits per heavy atom. The molecule has 2 aromatic rings. The lowest BCUT2D eigenvalue weighted by Crippen LogP contribution is -2.47. The second-order valence-corrected chi connectivity index (χ2v) is 6.64. The summed E-state index contributed by atoms with van der Waals surface area (Å²) in [6.07, 6.45) is 2.01. The molecule has 1 heterocycles. The molecule has 0 saturated heterocycles. The van der Waals surface area contributed by atoms with E-state index in [1.165, 1.54) is 11.3 Å². The average molecular weight is 325 g/mol. The second kappa shape index (κ2) is 5.83. The molecule has 3 rings (SSSR count). The van der Waals surface area contributed by atoms with Gasteiger partial charge in [0.25, 0.3) is 5.91 Å². The maximum absolute atomic E-state index is 12.3. The van der Waals surface area contributed by atoms with Crippen LogP contribution in [0.25, 0.3) is 10.1 Å². The van der Waals surface area contributed by atoms with Crippen molar-refractivity contribution in [2.75, 3.05) is 12.3 Å². The largest absolute Gasteiger partial charge is 0.397 e. The molecular formula is C15H17ClN2O2S. The first-order valence-electron chi connectivity index (χ1n) is 6.99. The van der Waals surface area contributed by atoms with Crippen LogP contribution in [-0.4, -0.2) is 24.7 Å². The topological polar surface area (TPSA) is 64.3 Å². The van der Waals surface area contributed by atoms with Crippen LogP contribution in [0.5, 0.6) is 0 Å². The fourth-order valence-corrected chi connectivity index (χ4v) is 3.99. The molecule has 4 nitrogen and oxygen atoms in total. The number of carbonyl (C=O) groups is 1. The van der Waals surface area contributed by atoms with E-state index in [9.17, 15) is 4.79 Å². The molecule has 1 saturated carbocycles. The van der Waals surface area contributed by atoms with Crippen LogP contribution in [0.3, 0.4) is 0 Å². The van der Waals surface area contributed by atoms with E-state index in [1.807, 2.05) is 19.1 Å². The Morgan fingerprint density at radius 1 is 1.52 bits per heavy atom. The molecule has 1 amide bonds. The molecule has 1 aromatic carbocycles. The van der Waals surface area contributed by atoms with E-state index in [1.54, 1.807) is 6.07 Å². The Bertz CT molecular complexity index is 680. The van der Waals surface area contributed by atoms with Crippen molar-refractivity contribution in [1.82, 2.24) is 5.32 Å². The number of carbonyl (C=O) groups excluding carboxylic acids is 1. The van der Waals surface area contributed by atoms with Gasteiger partial charge in [0, 0.05) is 22.7 Å². The zero-order valence-corrected chi connectivity index (χ0v) is 13.3. The molecule has 0 spiro atoms. The van der Waals surface area contributed by atoms with Crippen LogP contribution in [0, 0.1) is 0 Å². The number of thiophene rings is 1. The molecule has 0 radical (unpaired) electrons. The number of amides is 1. The van der Waals surface area contributed by atoms with Gasteiger partial charge in [-0.05, 0) is 31.9 Å². The average Bonchev–Trinajstić information content (AvgIpc) is 2.75. The molecule has 112 valence electrons. The van der Waals surface area contributed by atoms with Crippen molar-refractivity contribution < 1.29 is 9.53 Å². The van der Waals surface area contributed by atoms with E-state index in [0.29, 0.717) is 22.2 Å². The van der Waals surface area contributed by atoms with E-state index < -0.39 is 0 Å². The Labute approximate surface area is 132 Å². The summed E-state index contributed by atoms with van der Waals surface area (Å²) in [6.45, 7) is 2.70. The maximum Gasteiger partial charge on any atom is 0.263 e. The van der Waals surface area contributed by atoms with Gasteiger partial charge in [-0.1, -0.05) is 17.7 Å². The Morgan fingerprint density at radius 3 is 2.95 bits per heavy atom. The van der Waals surface area contributed by atoms with Crippen LogP contribution in [0.1, 0.15) is 29.4 Å². The van der Waals surface area contributed by atoms with Gasteiger partial charge >= 0.3 is 0 Å². The Kier molecular flexibility index (Phi) is 4.06. The molecule has 0 unspecified atom stereocenters. The van der Waals surface area contributed by atoms with Gasteiger partial charge < -0.3 is 15.8 Å². The first-order chi connectivity index (χ1) is 10.1. The highest BCUT2D eigenvalue weighted by Gasteiger charge is 2.31. The number of nitrogens with one attached hydrogen (secondary N) is 1. The fourth-order valence-electron chi connectivity index (χ4n) is 2.60. The first kappa shape index (κ1) is 14.6. The molecule has 6 heteroatoms. The van der Waals surface area contributed by atoms with Crippen molar-refractivity contribution >= 4 is 44.6 Å². The van der Waals surface area contributed by atoms with Gasteiger partial charge in [0.2, 0.25) is 0 Å². The minimum atomic E-state index is -0.121. The van der Waals surface area contributed by atoms with Gasteiger partial charge in [0.1, 0.15) is 4.88 Å². The summed E-state index contributed by atoms with van der Waals surface area (Å²) < 4.78 is 6.43. The zero-order valence-electron chi connectivity index (χ0n) is 11.7.